The summed E-state index contributed by atoms with van der Waals surface area (Å²) in [5.41, 5.74) is 5.28. The fraction of sp³-hybridized carbons (Fsp3) is 0.286. The molecule has 1 N–H and O–H groups in total. The van der Waals surface area contributed by atoms with Crippen LogP contribution in [0.25, 0.3) is 16.9 Å². The maximum atomic E-state index is 11.3. The number of para-hydroxylation sites is 1. The first-order valence-electron chi connectivity index (χ1n) is 9.08. The van der Waals surface area contributed by atoms with Crippen LogP contribution in [-0.2, 0) is 22.8 Å². The molecule has 142 valence electrons. The third kappa shape index (κ3) is 5.28. The van der Waals surface area contributed by atoms with Crippen LogP contribution in [0.2, 0.25) is 0 Å². The Kier molecular flexibility index (Phi) is 6.08. The molecule has 27 heavy (non-hydrogen) atoms. The zero-order valence-corrected chi connectivity index (χ0v) is 16.5. The van der Waals surface area contributed by atoms with Crippen molar-refractivity contribution in [2.75, 3.05) is 18.6 Å². The summed E-state index contributed by atoms with van der Waals surface area (Å²) >= 11 is 0. The SMILES string of the molecule is CCc1ccc(-c2nn(-c3ccccc3)cc2CNCCS(C)(=O)=O)cc1. The topological polar surface area (TPSA) is 64.0 Å². The van der Waals surface area contributed by atoms with E-state index in [4.69, 9.17) is 5.10 Å². The van der Waals surface area contributed by atoms with E-state index in [0.29, 0.717) is 13.1 Å². The van der Waals surface area contributed by atoms with E-state index in [1.165, 1.54) is 11.8 Å². The Morgan fingerprint density at radius 3 is 2.37 bits per heavy atom. The molecule has 0 saturated heterocycles. The molecular weight excluding hydrogens is 358 g/mol. The van der Waals surface area contributed by atoms with E-state index < -0.39 is 9.84 Å². The van der Waals surface area contributed by atoms with Gasteiger partial charge in [-0.15, -0.1) is 0 Å². The van der Waals surface area contributed by atoms with Crippen LogP contribution in [0.4, 0.5) is 0 Å². The number of nitrogens with one attached hydrogen (secondary N) is 1. The molecule has 1 aromatic heterocycles. The average molecular weight is 384 g/mol. The van der Waals surface area contributed by atoms with Gasteiger partial charge >= 0.3 is 0 Å². The molecular formula is C21H25N3O2S. The Hall–Kier alpha value is -2.44. The summed E-state index contributed by atoms with van der Waals surface area (Å²) in [4.78, 5) is 0. The fourth-order valence-corrected chi connectivity index (χ4v) is 3.39. The Morgan fingerprint density at radius 1 is 1.04 bits per heavy atom. The largest absolute Gasteiger partial charge is 0.312 e. The average Bonchev–Trinajstić information content (AvgIpc) is 3.09. The molecule has 0 radical (unpaired) electrons. The smallest absolute Gasteiger partial charge is 0.148 e. The summed E-state index contributed by atoms with van der Waals surface area (Å²) in [5.74, 6) is 0.125. The lowest BCUT2D eigenvalue weighted by molar-refractivity contribution is 0.596. The van der Waals surface area contributed by atoms with Gasteiger partial charge in [0.05, 0.1) is 17.1 Å². The van der Waals surface area contributed by atoms with E-state index >= 15 is 0 Å². The Morgan fingerprint density at radius 2 is 1.74 bits per heavy atom. The zero-order valence-electron chi connectivity index (χ0n) is 15.7. The van der Waals surface area contributed by atoms with Crippen LogP contribution in [0.1, 0.15) is 18.1 Å². The fourth-order valence-electron chi connectivity index (χ4n) is 2.87. The van der Waals surface area contributed by atoms with Gasteiger partial charge in [-0.1, -0.05) is 49.4 Å². The van der Waals surface area contributed by atoms with Crippen LogP contribution in [0.5, 0.6) is 0 Å². The number of rotatable bonds is 8. The third-order valence-corrected chi connectivity index (χ3v) is 5.36. The molecule has 0 fully saturated rings. The van der Waals surface area contributed by atoms with Crippen molar-refractivity contribution in [3.8, 4) is 16.9 Å². The normalized spacial score (nSPS) is 11.6. The minimum atomic E-state index is -2.97. The molecule has 3 rings (SSSR count). The maximum absolute atomic E-state index is 11.3. The maximum Gasteiger partial charge on any atom is 0.148 e. The van der Waals surface area contributed by atoms with Crippen LogP contribution in [0, 0.1) is 0 Å². The lowest BCUT2D eigenvalue weighted by Gasteiger charge is -2.05. The molecule has 0 unspecified atom stereocenters. The second kappa shape index (κ2) is 8.50. The number of hydrogen-bond donors (Lipinski definition) is 1. The van der Waals surface area contributed by atoms with Crippen molar-refractivity contribution in [1.82, 2.24) is 15.1 Å². The number of aryl methyl sites for hydroxylation is 1. The minimum Gasteiger partial charge on any atom is -0.312 e. The van der Waals surface area contributed by atoms with Gasteiger partial charge in [-0.25, -0.2) is 13.1 Å². The van der Waals surface area contributed by atoms with E-state index in [-0.39, 0.29) is 5.75 Å². The molecule has 5 nitrogen and oxygen atoms in total. The van der Waals surface area contributed by atoms with Gasteiger partial charge in [0.1, 0.15) is 9.84 Å². The Labute approximate surface area is 161 Å². The van der Waals surface area contributed by atoms with Gasteiger partial charge in [0.25, 0.3) is 0 Å². The number of hydrogen-bond acceptors (Lipinski definition) is 4. The highest BCUT2D eigenvalue weighted by molar-refractivity contribution is 7.90. The summed E-state index contributed by atoms with van der Waals surface area (Å²) in [5, 5.41) is 8.02. The lowest BCUT2D eigenvalue weighted by Crippen LogP contribution is -2.22. The second-order valence-corrected chi connectivity index (χ2v) is 8.90. The van der Waals surface area contributed by atoms with Crippen molar-refractivity contribution < 1.29 is 8.42 Å². The molecule has 0 aliphatic heterocycles. The van der Waals surface area contributed by atoms with Crippen molar-refractivity contribution in [2.24, 2.45) is 0 Å². The predicted molar refractivity (Wildman–Crippen MR) is 110 cm³/mol. The molecule has 0 atom stereocenters. The molecule has 0 aliphatic rings. The number of aromatic nitrogens is 2. The number of nitrogens with zero attached hydrogens (tertiary/aromatic N) is 2. The van der Waals surface area contributed by atoms with Crippen LogP contribution in [0.3, 0.4) is 0 Å². The summed E-state index contributed by atoms with van der Waals surface area (Å²) < 4.78 is 24.5. The quantitative estimate of drug-likeness (QED) is 0.607. The van der Waals surface area contributed by atoms with Gasteiger partial charge in [-0.2, -0.15) is 5.10 Å². The zero-order chi connectivity index (χ0) is 19.3. The van der Waals surface area contributed by atoms with Crippen molar-refractivity contribution >= 4 is 9.84 Å². The van der Waals surface area contributed by atoms with E-state index in [0.717, 1.165) is 28.9 Å². The van der Waals surface area contributed by atoms with Gasteiger partial charge < -0.3 is 5.32 Å². The van der Waals surface area contributed by atoms with E-state index in [1.807, 2.05) is 41.2 Å². The summed E-state index contributed by atoms with van der Waals surface area (Å²) in [6.07, 6.45) is 4.26. The third-order valence-electron chi connectivity index (χ3n) is 4.41. The first kappa shape index (κ1) is 19.3. The highest BCUT2D eigenvalue weighted by Crippen LogP contribution is 2.24. The van der Waals surface area contributed by atoms with Crippen molar-refractivity contribution in [1.29, 1.82) is 0 Å². The van der Waals surface area contributed by atoms with Gasteiger partial charge in [0.2, 0.25) is 0 Å². The first-order valence-corrected chi connectivity index (χ1v) is 11.1. The molecule has 2 aromatic carbocycles. The van der Waals surface area contributed by atoms with Crippen molar-refractivity contribution in [2.45, 2.75) is 19.9 Å². The van der Waals surface area contributed by atoms with Crippen LogP contribution < -0.4 is 5.32 Å². The standard InChI is InChI=1S/C21H25N3O2S/c1-3-17-9-11-18(12-10-17)21-19(15-22-13-14-27(2,25)26)16-24(23-21)20-7-5-4-6-8-20/h4-12,16,22H,3,13-15H2,1-2H3. The van der Waals surface area contributed by atoms with Crippen LogP contribution in [-0.4, -0.2) is 36.8 Å². The Bertz CT molecular complexity index is 978. The number of benzene rings is 2. The molecule has 6 heteroatoms. The van der Waals surface area contributed by atoms with Gasteiger partial charge in [0, 0.05) is 36.7 Å². The minimum absolute atomic E-state index is 0.125. The highest BCUT2D eigenvalue weighted by atomic mass is 32.2. The molecule has 0 amide bonds. The van der Waals surface area contributed by atoms with Gasteiger partial charge in [0.15, 0.2) is 0 Å². The lowest BCUT2D eigenvalue weighted by atomic mass is 10.1. The van der Waals surface area contributed by atoms with Gasteiger partial charge in [-0.3, -0.25) is 0 Å². The van der Waals surface area contributed by atoms with Crippen molar-refractivity contribution in [3.05, 3.63) is 71.9 Å². The van der Waals surface area contributed by atoms with E-state index in [2.05, 4.69) is 36.5 Å². The molecule has 1 heterocycles. The highest BCUT2D eigenvalue weighted by Gasteiger charge is 2.12. The van der Waals surface area contributed by atoms with Gasteiger partial charge in [-0.05, 0) is 24.1 Å². The molecule has 0 bridgehead atoms. The summed E-state index contributed by atoms with van der Waals surface area (Å²) in [7, 11) is -2.97. The molecule has 0 aliphatic carbocycles. The van der Waals surface area contributed by atoms with Crippen molar-refractivity contribution in [3.63, 3.8) is 0 Å². The Balaban J connectivity index is 1.87. The van der Waals surface area contributed by atoms with E-state index in [9.17, 15) is 8.42 Å². The monoisotopic (exact) mass is 383 g/mol. The summed E-state index contributed by atoms with van der Waals surface area (Å²) in [6.45, 7) is 3.12. The summed E-state index contributed by atoms with van der Waals surface area (Å²) in [6, 6.07) is 18.4. The van der Waals surface area contributed by atoms with E-state index in [1.54, 1.807) is 0 Å². The molecule has 0 spiro atoms. The van der Waals surface area contributed by atoms with Crippen LogP contribution in [0.15, 0.2) is 60.8 Å². The predicted octanol–water partition coefficient (Wildman–Crippen LogP) is 3.24. The molecule has 0 saturated carbocycles. The first-order chi connectivity index (χ1) is 13.0. The second-order valence-electron chi connectivity index (χ2n) is 6.64. The number of sulfone groups is 1. The molecule has 3 aromatic rings. The van der Waals surface area contributed by atoms with Crippen LogP contribution >= 0.6 is 0 Å².